The summed E-state index contributed by atoms with van der Waals surface area (Å²) < 4.78 is 5.41. The van der Waals surface area contributed by atoms with E-state index < -0.39 is 0 Å². The highest BCUT2D eigenvalue weighted by Gasteiger charge is 2.47. The summed E-state index contributed by atoms with van der Waals surface area (Å²) in [6.45, 7) is 5.78. The van der Waals surface area contributed by atoms with Gasteiger partial charge in [0.15, 0.2) is 0 Å². The maximum absolute atomic E-state index is 13.0. The average Bonchev–Trinajstić information content (AvgIpc) is 3.34. The molecule has 0 aliphatic heterocycles. The maximum atomic E-state index is 13.0. The Balaban J connectivity index is 1.53. The molecule has 0 radical (unpaired) electrons. The molecule has 4 rings (SSSR count). The summed E-state index contributed by atoms with van der Waals surface area (Å²) in [5.41, 5.74) is 0.750. The number of hydrogen-bond acceptors (Lipinski definition) is 4. The van der Waals surface area contributed by atoms with E-state index in [1.165, 1.54) is 31.0 Å². The van der Waals surface area contributed by atoms with E-state index in [9.17, 15) is 4.79 Å². The standard InChI is InChI=1S/C21H24N2O2S/c1-3-7-17-14-10-11-15(12-14)18(17)22-21(24)19-20(13(2)23-25-19)26-16-8-5-4-6-9-16/h3-6,8-9,14-15,17-18H,1,7,10-12H2,2H3,(H,22,24)/t14-,15+,17-,18-/m0/s1. The molecule has 4 atom stereocenters. The first kappa shape index (κ1) is 17.4. The summed E-state index contributed by atoms with van der Waals surface area (Å²) in [5.74, 6) is 2.00. The lowest BCUT2D eigenvalue weighted by atomic mass is 9.82. The van der Waals surface area contributed by atoms with E-state index in [-0.39, 0.29) is 11.9 Å². The summed E-state index contributed by atoms with van der Waals surface area (Å²) in [5, 5.41) is 7.31. The van der Waals surface area contributed by atoms with Crippen LogP contribution < -0.4 is 5.32 Å². The molecule has 2 saturated carbocycles. The number of aromatic nitrogens is 1. The van der Waals surface area contributed by atoms with Crippen molar-refractivity contribution in [3.8, 4) is 0 Å². The molecule has 2 bridgehead atoms. The van der Waals surface area contributed by atoms with Gasteiger partial charge in [-0.2, -0.15) is 0 Å². The van der Waals surface area contributed by atoms with Crippen LogP contribution in [0.15, 0.2) is 57.3 Å². The third-order valence-electron chi connectivity index (χ3n) is 5.80. The van der Waals surface area contributed by atoms with Gasteiger partial charge < -0.3 is 9.84 Å². The van der Waals surface area contributed by atoms with Gasteiger partial charge in [0.2, 0.25) is 5.76 Å². The average molecular weight is 369 g/mol. The molecular weight excluding hydrogens is 344 g/mol. The number of rotatable bonds is 6. The Morgan fingerprint density at radius 1 is 1.35 bits per heavy atom. The van der Waals surface area contributed by atoms with Gasteiger partial charge in [-0.25, -0.2) is 0 Å². The zero-order chi connectivity index (χ0) is 18.1. The van der Waals surface area contributed by atoms with E-state index in [1.54, 1.807) is 0 Å². The molecule has 2 fully saturated rings. The molecule has 136 valence electrons. The maximum Gasteiger partial charge on any atom is 0.291 e. The molecule has 1 aromatic carbocycles. The lowest BCUT2D eigenvalue weighted by Gasteiger charge is -2.30. The van der Waals surface area contributed by atoms with E-state index in [0.29, 0.717) is 17.6 Å². The molecule has 4 nitrogen and oxygen atoms in total. The van der Waals surface area contributed by atoms with Crippen molar-refractivity contribution in [2.75, 3.05) is 0 Å². The van der Waals surface area contributed by atoms with Crippen LogP contribution >= 0.6 is 11.8 Å². The number of benzene rings is 1. The van der Waals surface area contributed by atoms with Crippen molar-refractivity contribution in [2.45, 2.75) is 48.4 Å². The second-order valence-corrected chi connectivity index (χ2v) is 8.45. The van der Waals surface area contributed by atoms with Crippen LogP contribution in [0.4, 0.5) is 0 Å². The fourth-order valence-corrected chi connectivity index (χ4v) is 5.55. The Bertz CT molecular complexity index is 802. The first-order valence-electron chi connectivity index (χ1n) is 9.28. The van der Waals surface area contributed by atoms with Crippen molar-refractivity contribution in [1.82, 2.24) is 10.5 Å². The van der Waals surface area contributed by atoms with Gasteiger partial charge in [0, 0.05) is 10.9 Å². The lowest BCUT2D eigenvalue weighted by molar-refractivity contribution is 0.0859. The van der Waals surface area contributed by atoms with E-state index in [2.05, 4.69) is 17.1 Å². The Morgan fingerprint density at radius 2 is 2.12 bits per heavy atom. The Morgan fingerprint density at radius 3 is 2.88 bits per heavy atom. The van der Waals surface area contributed by atoms with Gasteiger partial charge in [-0.1, -0.05) is 41.2 Å². The van der Waals surface area contributed by atoms with E-state index in [1.807, 2.05) is 43.3 Å². The Hall–Kier alpha value is -2.01. The van der Waals surface area contributed by atoms with Gasteiger partial charge in [0.1, 0.15) is 0 Å². The van der Waals surface area contributed by atoms with Crippen molar-refractivity contribution in [2.24, 2.45) is 17.8 Å². The molecular formula is C21H24N2O2S. The molecule has 1 N–H and O–H groups in total. The van der Waals surface area contributed by atoms with E-state index in [4.69, 9.17) is 4.52 Å². The van der Waals surface area contributed by atoms with Crippen molar-refractivity contribution in [3.63, 3.8) is 0 Å². The van der Waals surface area contributed by atoms with Gasteiger partial charge >= 0.3 is 0 Å². The number of aryl methyl sites for hydroxylation is 1. The number of carbonyl (C=O) groups is 1. The van der Waals surface area contributed by atoms with Crippen LogP contribution in [0.25, 0.3) is 0 Å². The van der Waals surface area contributed by atoms with Crippen molar-refractivity contribution in [1.29, 1.82) is 0 Å². The van der Waals surface area contributed by atoms with Gasteiger partial charge in [-0.05, 0) is 62.5 Å². The third-order valence-corrected chi connectivity index (χ3v) is 7.00. The second kappa shape index (κ2) is 7.31. The molecule has 1 heterocycles. The van der Waals surface area contributed by atoms with E-state index in [0.717, 1.165) is 27.8 Å². The lowest BCUT2D eigenvalue weighted by Crippen LogP contribution is -2.43. The van der Waals surface area contributed by atoms with Crippen LogP contribution in [0.5, 0.6) is 0 Å². The smallest absolute Gasteiger partial charge is 0.291 e. The second-order valence-electron chi connectivity index (χ2n) is 7.36. The molecule has 2 aliphatic rings. The molecule has 2 aromatic rings. The number of amides is 1. The summed E-state index contributed by atoms with van der Waals surface area (Å²) >= 11 is 1.53. The minimum absolute atomic E-state index is 0.143. The van der Waals surface area contributed by atoms with Crippen LogP contribution in [-0.4, -0.2) is 17.1 Å². The highest BCUT2D eigenvalue weighted by Crippen LogP contribution is 2.50. The molecule has 0 unspecified atom stereocenters. The summed E-state index contributed by atoms with van der Waals surface area (Å²) in [6.07, 6.45) is 6.67. The van der Waals surface area contributed by atoms with Gasteiger partial charge in [0.05, 0.1) is 10.6 Å². The normalized spacial score (nSPS) is 26.8. The Kier molecular flexibility index (Phi) is 4.90. The summed E-state index contributed by atoms with van der Waals surface area (Å²) in [6, 6.07) is 10.2. The highest BCUT2D eigenvalue weighted by molar-refractivity contribution is 7.99. The van der Waals surface area contributed by atoms with E-state index >= 15 is 0 Å². The number of nitrogens with zero attached hydrogens (tertiary/aromatic N) is 1. The zero-order valence-electron chi connectivity index (χ0n) is 15.0. The van der Waals surface area contributed by atoms with Crippen LogP contribution in [0.2, 0.25) is 0 Å². The number of hydrogen-bond donors (Lipinski definition) is 1. The number of allylic oxidation sites excluding steroid dienone is 1. The monoisotopic (exact) mass is 368 g/mol. The first-order valence-corrected chi connectivity index (χ1v) is 10.1. The molecule has 5 heteroatoms. The Labute approximate surface area is 158 Å². The van der Waals surface area contributed by atoms with Crippen LogP contribution in [0.3, 0.4) is 0 Å². The molecule has 0 spiro atoms. The van der Waals surface area contributed by atoms with Gasteiger partial charge in [-0.3, -0.25) is 4.79 Å². The topological polar surface area (TPSA) is 55.1 Å². The highest BCUT2D eigenvalue weighted by atomic mass is 32.2. The van der Waals surface area contributed by atoms with Crippen LogP contribution in [-0.2, 0) is 0 Å². The fourth-order valence-electron chi connectivity index (χ4n) is 4.62. The number of fused-ring (bicyclic) bond motifs is 2. The number of nitrogens with one attached hydrogen (secondary N) is 1. The molecule has 1 aromatic heterocycles. The quantitative estimate of drug-likeness (QED) is 0.740. The van der Waals surface area contributed by atoms with Crippen LogP contribution in [0.1, 0.15) is 41.9 Å². The van der Waals surface area contributed by atoms with Crippen LogP contribution in [0, 0.1) is 24.7 Å². The minimum Gasteiger partial charge on any atom is -0.350 e. The van der Waals surface area contributed by atoms with Crippen molar-refractivity contribution in [3.05, 3.63) is 54.4 Å². The molecule has 0 saturated heterocycles. The SMILES string of the molecule is C=CC[C@H]1[C@H]2CC[C@H](C2)[C@@H]1NC(=O)c1onc(C)c1Sc1ccccc1. The van der Waals surface area contributed by atoms with Gasteiger partial charge in [0.25, 0.3) is 5.91 Å². The zero-order valence-corrected chi connectivity index (χ0v) is 15.8. The molecule has 26 heavy (non-hydrogen) atoms. The minimum atomic E-state index is -0.143. The predicted molar refractivity (Wildman–Crippen MR) is 102 cm³/mol. The fraction of sp³-hybridized carbons (Fsp3) is 0.429. The van der Waals surface area contributed by atoms with Crippen molar-refractivity contribution >= 4 is 17.7 Å². The third kappa shape index (κ3) is 3.20. The summed E-state index contributed by atoms with van der Waals surface area (Å²) in [4.78, 5) is 14.8. The molecule has 1 amide bonds. The van der Waals surface area contributed by atoms with Gasteiger partial charge in [-0.15, -0.1) is 6.58 Å². The first-order chi connectivity index (χ1) is 12.7. The van der Waals surface area contributed by atoms with Crippen molar-refractivity contribution < 1.29 is 9.32 Å². The molecule has 2 aliphatic carbocycles. The largest absolute Gasteiger partial charge is 0.350 e. The predicted octanol–water partition coefficient (Wildman–Crippen LogP) is 4.85. The summed E-state index contributed by atoms with van der Waals surface area (Å²) in [7, 11) is 0. The number of carbonyl (C=O) groups excluding carboxylic acids is 1.